The highest BCUT2D eigenvalue weighted by Gasteiger charge is 2.19. The third-order valence-electron chi connectivity index (χ3n) is 2.96. The first-order valence-corrected chi connectivity index (χ1v) is 7.01. The Bertz CT molecular complexity index is 698. The Balaban J connectivity index is 2.61. The van der Waals surface area contributed by atoms with E-state index in [4.69, 9.17) is 15.7 Å². The second kappa shape index (κ2) is 5.76. The van der Waals surface area contributed by atoms with Crippen LogP contribution in [0.3, 0.4) is 0 Å². The van der Waals surface area contributed by atoms with Crippen LogP contribution in [0.2, 0.25) is 0 Å². The molecule has 0 bridgehead atoms. The molecule has 0 saturated carbocycles. The molecule has 0 aliphatic rings. The first kappa shape index (κ1) is 14.1. The predicted octanol–water partition coefficient (Wildman–Crippen LogP) is 3.35. The quantitative estimate of drug-likeness (QED) is 0.693. The van der Waals surface area contributed by atoms with E-state index < -0.39 is 5.97 Å². The summed E-state index contributed by atoms with van der Waals surface area (Å²) < 4.78 is 5.08. The smallest absolute Gasteiger partial charge is 0.340 e. The van der Waals surface area contributed by atoms with Gasteiger partial charge in [-0.1, -0.05) is 12.1 Å². The molecule has 5 heteroatoms. The Labute approximate surface area is 121 Å². The first-order valence-electron chi connectivity index (χ1n) is 6.13. The molecule has 0 saturated heterocycles. The molecule has 1 aromatic heterocycles. The van der Waals surface area contributed by atoms with E-state index in [9.17, 15) is 4.79 Å². The molecule has 0 aliphatic carbocycles. The van der Waals surface area contributed by atoms with Gasteiger partial charge in [-0.3, -0.25) is 0 Å². The van der Waals surface area contributed by atoms with Gasteiger partial charge in [-0.15, -0.1) is 11.3 Å². The number of aryl methyl sites for hydroxylation is 1. The molecular formula is C15H14N2O2S. The van der Waals surface area contributed by atoms with Crippen LogP contribution in [0.1, 0.15) is 27.7 Å². The lowest BCUT2D eigenvalue weighted by atomic mass is 9.97. The van der Waals surface area contributed by atoms with Gasteiger partial charge in [0.05, 0.1) is 12.2 Å². The van der Waals surface area contributed by atoms with Crippen molar-refractivity contribution in [3.05, 3.63) is 39.6 Å². The molecule has 2 rings (SSSR count). The summed E-state index contributed by atoms with van der Waals surface area (Å²) >= 11 is 1.33. The second-order valence-corrected chi connectivity index (χ2v) is 5.16. The van der Waals surface area contributed by atoms with Crippen molar-refractivity contribution in [2.24, 2.45) is 0 Å². The van der Waals surface area contributed by atoms with E-state index in [1.807, 2.05) is 24.4 Å². The van der Waals surface area contributed by atoms with Gasteiger partial charge in [-0.2, -0.15) is 5.26 Å². The van der Waals surface area contributed by atoms with Gasteiger partial charge in [-0.25, -0.2) is 4.79 Å². The molecule has 0 fully saturated rings. The number of carbonyl (C=O) groups excluding carboxylic acids is 1. The minimum Gasteiger partial charge on any atom is -0.462 e. The Morgan fingerprint density at radius 3 is 2.85 bits per heavy atom. The number of hydrogen-bond donors (Lipinski definition) is 1. The van der Waals surface area contributed by atoms with Crippen LogP contribution in [-0.2, 0) is 4.74 Å². The van der Waals surface area contributed by atoms with Crippen molar-refractivity contribution in [1.29, 1.82) is 5.26 Å². The first-order chi connectivity index (χ1) is 9.58. The largest absolute Gasteiger partial charge is 0.462 e. The lowest BCUT2D eigenvalue weighted by molar-refractivity contribution is 0.0528. The fraction of sp³-hybridized carbons (Fsp3) is 0.200. The lowest BCUT2D eigenvalue weighted by Gasteiger charge is -2.12. The van der Waals surface area contributed by atoms with Crippen molar-refractivity contribution < 1.29 is 9.53 Å². The van der Waals surface area contributed by atoms with E-state index in [-0.39, 0.29) is 0 Å². The Hall–Kier alpha value is -2.32. The zero-order chi connectivity index (χ0) is 14.7. The number of carbonyl (C=O) groups is 1. The van der Waals surface area contributed by atoms with Gasteiger partial charge in [0.2, 0.25) is 0 Å². The van der Waals surface area contributed by atoms with Crippen molar-refractivity contribution in [1.82, 2.24) is 0 Å². The van der Waals surface area contributed by atoms with E-state index in [1.165, 1.54) is 11.3 Å². The highest BCUT2D eigenvalue weighted by molar-refractivity contribution is 7.10. The van der Waals surface area contributed by atoms with Crippen LogP contribution in [0.15, 0.2) is 23.6 Å². The topological polar surface area (TPSA) is 76.1 Å². The van der Waals surface area contributed by atoms with Gasteiger partial charge in [0.1, 0.15) is 10.9 Å². The fourth-order valence-electron chi connectivity index (χ4n) is 1.92. The highest BCUT2D eigenvalue weighted by Crippen LogP contribution is 2.33. The molecule has 0 amide bonds. The third kappa shape index (κ3) is 2.51. The Morgan fingerprint density at radius 1 is 1.50 bits per heavy atom. The van der Waals surface area contributed by atoms with Crippen molar-refractivity contribution in [2.75, 3.05) is 12.3 Å². The third-order valence-corrected chi connectivity index (χ3v) is 3.80. The average Bonchev–Trinajstić information content (AvgIpc) is 2.90. The predicted molar refractivity (Wildman–Crippen MR) is 79.6 cm³/mol. The number of ether oxygens (including phenoxy) is 1. The molecule has 0 atom stereocenters. The summed E-state index contributed by atoms with van der Waals surface area (Å²) in [7, 11) is 0. The normalized spacial score (nSPS) is 10.1. The minimum absolute atomic E-state index is 0.290. The van der Waals surface area contributed by atoms with E-state index in [0.717, 1.165) is 11.1 Å². The number of hydrogen-bond acceptors (Lipinski definition) is 5. The van der Waals surface area contributed by atoms with Crippen LogP contribution in [-0.4, -0.2) is 12.6 Å². The van der Waals surface area contributed by atoms with Crippen molar-refractivity contribution in [3.63, 3.8) is 0 Å². The zero-order valence-electron chi connectivity index (χ0n) is 11.3. The summed E-state index contributed by atoms with van der Waals surface area (Å²) in [5.74, 6) is -0.437. The van der Waals surface area contributed by atoms with Gasteiger partial charge in [0.15, 0.2) is 0 Å². The summed E-state index contributed by atoms with van der Waals surface area (Å²) in [5.41, 5.74) is 9.15. The standard InChI is InChI=1S/C15H14N2O2S/c1-3-19-15(18)13-12(5-4-9(2)14(13)17)10-6-11(7-16)20-8-10/h4-6,8H,3,17H2,1-2H3. The van der Waals surface area contributed by atoms with E-state index in [0.29, 0.717) is 28.3 Å². The monoisotopic (exact) mass is 286 g/mol. The van der Waals surface area contributed by atoms with Crippen LogP contribution in [0.4, 0.5) is 5.69 Å². The number of esters is 1. The van der Waals surface area contributed by atoms with Crippen LogP contribution >= 0.6 is 11.3 Å². The number of thiophene rings is 1. The number of rotatable bonds is 3. The number of nitrogens with two attached hydrogens (primary N) is 1. The maximum Gasteiger partial charge on any atom is 0.340 e. The maximum absolute atomic E-state index is 12.1. The summed E-state index contributed by atoms with van der Waals surface area (Å²) in [6, 6.07) is 7.53. The molecule has 102 valence electrons. The zero-order valence-corrected chi connectivity index (χ0v) is 12.1. The van der Waals surface area contributed by atoms with Gasteiger partial charge in [-0.05, 0) is 42.0 Å². The van der Waals surface area contributed by atoms with Gasteiger partial charge in [0, 0.05) is 5.69 Å². The molecule has 0 aliphatic heterocycles. The van der Waals surface area contributed by atoms with Crippen molar-refractivity contribution in [2.45, 2.75) is 13.8 Å². The van der Waals surface area contributed by atoms with E-state index >= 15 is 0 Å². The van der Waals surface area contributed by atoms with E-state index in [2.05, 4.69) is 6.07 Å². The Morgan fingerprint density at radius 2 is 2.25 bits per heavy atom. The van der Waals surface area contributed by atoms with Gasteiger partial charge < -0.3 is 10.5 Å². The second-order valence-electron chi connectivity index (χ2n) is 4.25. The van der Waals surface area contributed by atoms with Crippen LogP contribution in [0.5, 0.6) is 0 Å². The summed E-state index contributed by atoms with van der Waals surface area (Å²) in [5, 5.41) is 10.7. The fourth-order valence-corrected chi connectivity index (χ4v) is 2.62. The SMILES string of the molecule is CCOC(=O)c1c(-c2csc(C#N)c2)ccc(C)c1N. The summed E-state index contributed by atoms with van der Waals surface area (Å²) in [6.07, 6.45) is 0. The highest BCUT2D eigenvalue weighted by atomic mass is 32.1. The molecule has 0 radical (unpaired) electrons. The van der Waals surface area contributed by atoms with Gasteiger partial charge >= 0.3 is 5.97 Å². The van der Waals surface area contributed by atoms with Crippen molar-refractivity contribution in [3.8, 4) is 17.2 Å². The molecule has 4 nitrogen and oxygen atoms in total. The molecule has 1 aromatic carbocycles. The number of benzene rings is 1. The summed E-state index contributed by atoms with van der Waals surface area (Å²) in [4.78, 5) is 12.7. The summed E-state index contributed by atoms with van der Waals surface area (Å²) in [6.45, 7) is 3.89. The number of nitrogen functional groups attached to an aromatic ring is 1. The van der Waals surface area contributed by atoms with Crippen LogP contribution in [0, 0.1) is 18.3 Å². The molecule has 2 aromatic rings. The molecule has 1 heterocycles. The number of nitrogens with zero attached hydrogens (tertiary/aromatic N) is 1. The molecular weight excluding hydrogens is 272 g/mol. The van der Waals surface area contributed by atoms with Crippen LogP contribution in [0.25, 0.3) is 11.1 Å². The molecule has 0 unspecified atom stereocenters. The number of anilines is 1. The maximum atomic E-state index is 12.1. The molecule has 2 N–H and O–H groups in total. The van der Waals surface area contributed by atoms with Gasteiger partial charge in [0.25, 0.3) is 0 Å². The van der Waals surface area contributed by atoms with E-state index in [1.54, 1.807) is 13.0 Å². The van der Waals surface area contributed by atoms with Crippen LogP contribution < -0.4 is 5.73 Å². The molecule has 0 spiro atoms. The average molecular weight is 286 g/mol. The Kier molecular flexibility index (Phi) is 4.06. The van der Waals surface area contributed by atoms with Crippen molar-refractivity contribution >= 4 is 23.0 Å². The minimum atomic E-state index is -0.437. The number of nitriles is 1. The lowest BCUT2D eigenvalue weighted by Crippen LogP contribution is -2.10. The molecule has 20 heavy (non-hydrogen) atoms.